The molecule has 1 atom stereocenters. The summed E-state index contributed by atoms with van der Waals surface area (Å²) in [6, 6.07) is 5.40. The van der Waals surface area contributed by atoms with Crippen LogP contribution in [0.2, 0.25) is 0 Å². The Kier molecular flexibility index (Phi) is 5.16. The van der Waals surface area contributed by atoms with Crippen LogP contribution in [0.4, 0.5) is 13.2 Å². The standard InChI is InChI=1S/C18H16F3N3O3.Na/c1-22-13-11(16(26)23(2)17(22)27)12(9-4-3-5-10(19)8-9)24-7-6-18(20,21)15(25)14(13)24;/h3-5,8,15,25H,6-7H2,1-2H3;. The van der Waals surface area contributed by atoms with Crippen LogP contribution in [-0.2, 0) is 20.6 Å². The van der Waals surface area contributed by atoms with Gasteiger partial charge in [-0.05, 0) is 12.1 Å². The molecule has 6 nitrogen and oxygen atoms in total. The zero-order chi connectivity index (χ0) is 19.7. The van der Waals surface area contributed by atoms with Crippen LogP contribution in [0.15, 0.2) is 33.9 Å². The normalized spacial score (nSPS) is 18.0. The average molecular weight is 402 g/mol. The van der Waals surface area contributed by atoms with Gasteiger partial charge in [0.2, 0.25) is 0 Å². The van der Waals surface area contributed by atoms with E-state index in [9.17, 15) is 27.9 Å². The number of hydrogen-bond donors (Lipinski definition) is 1. The molecule has 0 amide bonds. The monoisotopic (exact) mass is 402 g/mol. The fourth-order valence-corrected chi connectivity index (χ4v) is 3.78. The van der Waals surface area contributed by atoms with Crippen LogP contribution in [0.5, 0.6) is 0 Å². The number of rotatable bonds is 1. The molecule has 28 heavy (non-hydrogen) atoms. The second-order valence-electron chi connectivity index (χ2n) is 6.74. The van der Waals surface area contributed by atoms with Crippen molar-refractivity contribution < 1.29 is 18.3 Å². The maximum absolute atomic E-state index is 14.2. The maximum Gasteiger partial charge on any atom is 0.331 e. The summed E-state index contributed by atoms with van der Waals surface area (Å²) < 4.78 is 45.5. The molecule has 0 saturated heterocycles. The molecule has 0 fully saturated rings. The summed E-state index contributed by atoms with van der Waals surface area (Å²) in [5.74, 6) is -3.96. The van der Waals surface area contributed by atoms with Gasteiger partial charge in [0.25, 0.3) is 11.5 Å². The predicted octanol–water partition coefficient (Wildman–Crippen LogP) is 1.54. The van der Waals surface area contributed by atoms with Gasteiger partial charge in [0.1, 0.15) is 5.82 Å². The Balaban J connectivity index is 0.00000225. The second-order valence-corrected chi connectivity index (χ2v) is 6.74. The first-order valence-electron chi connectivity index (χ1n) is 8.29. The Morgan fingerprint density at radius 2 is 1.86 bits per heavy atom. The van der Waals surface area contributed by atoms with Gasteiger partial charge in [-0.2, -0.15) is 0 Å². The molecule has 0 aliphatic carbocycles. The molecule has 143 valence electrons. The molecule has 0 spiro atoms. The first-order chi connectivity index (χ1) is 12.6. The molecule has 1 N–H and O–H groups in total. The van der Waals surface area contributed by atoms with Crippen molar-refractivity contribution in [3.8, 4) is 11.3 Å². The number of aliphatic hydroxyl groups is 1. The van der Waals surface area contributed by atoms with Gasteiger partial charge < -0.3 is 9.67 Å². The Morgan fingerprint density at radius 1 is 1.18 bits per heavy atom. The van der Waals surface area contributed by atoms with Gasteiger partial charge in [0, 0.05) is 62.2 Å². The molecule has 1 aromatic carbocycles. The Labute approximate surface area is 179 Å². The fraction of sp³-hybridized carbons (Fsp3) is 0.333. The van der Waals surface area contributed by atoms with Crippen LogP contribution in [0.1, 0.15) is 18.2 Å². The summed E-state index contributed by atoms with van der Waals surface area (Å²) in [5, 5.41) is 10.3. The van der Waals surface area contributed by atoms with Crippen molar-refractivity contribution in [2.24, 2.45) is 14.1 Å². The van der Waals surface area contributed by atoms with E-state index in [0.29, 0.717) is 5.56 Å². The topological polar surface area (TPSA) is 69.2 Å². The van der Waals surface area contributed by atoms with Crippen LogP contribution in [0.3, 0.4) is 0 Å². The van der Waals surface area contributed by atoms with E-state index in [2.05, 4.69) is 0 Å². The van der Waals surface area contributed by atoms with Crippen molar-refractivity contribution in [3.63, 3.8) is 0 Å². The molecule has 1 aliphatic heterocycles. The summed E-state index contributed by atoms with van der Waals surface area (Å²) in [7, 11) is 2.63. The van der Waals surface area contributed by atoms with E-state index in [4.69, 9.17) is 0 Å². The van der Waals surface area contributed by atoms with Crippen molar-refractivity contribution in [1.82, 2.24) is 13.7 Å². The number of fused-ring (bicyclic) bond motifs is 3. The van der Waals surface area contributed by atoms with Gasteiger partial charge in [-0.25, -0.2) is 18.0 Å². The largest absolute Gasteiger partial charge is 0.380 e. The van der Waals surface area contributed by atoms with Gasteiger partial charge in [-0.1, -0.05) is 12.1 Å². The minimum absolute atomic E-state index is 0. The van der Waals surface area contributed by atoms with Crippen molar-refractivity contribution in [3.05, 3.63) is 56.6 Å². The third-order valence-electron chi connectivity index (χ3n) is 5.13. The van der Waals surface area contributed by atoms with Crippen molar-refractivity contribution >= 4 is 40.5 Å². The Hall–Kier alpha value is -1.81. The summed E-state index contributed by atoms with van der Waals surface area (Å²) in [4.78, 5) is 25.2. The molecule has 3 heterocycles. The second kappa shape index (κ2) is 6.91. The Morgan fingerprint density at radius 3 is 2.50 bits per heavy atom. The minimum atomic E-state index is -3.41. The number of hydrogen-bond acceptors (Lipinski definition) is 3. The molecular weight excluding hydrogens is 386 g/mol. The van der Waals surface area contributed by atoms with Crippen LogP contribution in [0, 0.1) is 5.82 Å². The van der Waals surface area contributed by atoms with E-state index in [0.717, 1.165) is 9.13 Å². The molecule has 1 radical (unpaired) electrons. The number of nitrogens with zero attached hydrogens (tertiary/aromatic N) is 3. The molecule has 2 aromatic heterocycles. The SMILES string of the molecule is Cn1c(=O)c2c(-c3cccc(F)c3)n3c(c2n(C)c1=O)C(O)C(F)(F)CC3.[Na]. The van der Waals surface area contributed by atoms with Gasteiger partial charge in [0.05, 0.1) is 22.3 Å². The van der Waals surface area contributed by atoms with Gasteiger partial charge >= 0.3 is 5.69 Å². The number of aliphatic hydroxyl groups excluding tert-OH is 1. The van der Waals surface area contributed by atoms with E-state index in [1.54, 1.807) is 6.07 Å². The van der Waals surface area contributed by atoms with Crippen LogP contribution >= 0.6 is 0 Å². The minimum Gasteiger partial charge on any atom is -0.380 e. The Bertz CT molecular complexity index is 1210. The van der Waals surface area contributed by atoms with Gasteiger partial charge in [0.15, 0.2) is 6.10 Å². The van der Waals surface area contributed by atoms with E-state index >= 15 is 0 Å². The number of aryl methyl sites for hydroxylation is 1. The van der Waals surface area contributed by atoms with Gasteiger partial charge in [-0.3, -0.25) is 13.9 Å². The zero-order valence-electron chi connectivity index (χ0n) is 15.5. The van der Waals surface area contributed by atoms with E-state index in [1.807, 2.05) is 0 Å². The molecule has 10 heteroatoms. The first kappa shape index (κ1) is 20.9. The molecule has 3 aromatic rings. The van der Waals surface area contributed by atoms with Gasteiger partial charge in [-0.15, -0.1) is 0 Å². The van der Waals surface area contributed by atoms with Crippen LogP contribution in [0.25, 0.3) is 22.2 Å². The van der Waals surface area contributed by atoms with Crippen molar-refractivity contribution in [2.45, 2.75) is 25.0 Å². The third-order valence-corrected chi connectivity index (χ3v) is 5.13. The maximum atomic E-state index is 14.2. The fourth-order valence-electron chi connectivity index (χ4n) is 3.78. The quantitative estimate of drug-likeness (QED) is 0.628. The van der Waals surface area contributed by atoms with Crippen LogP contribution in [-0.4, -0.2) is 54.3 Å². The molecule has 4 rings (SSSR count). The van der Waals surface area contributed by atoms with E-state index < -0.39 is 35.5 Å². The number of halogens is 3. The number of aromatic nitrogens is 3. The summed E-state index contributed by atoms with van der Waals surface area (Å²) >= 11 is 0. The molecular formula is C18H16F3N3NaO3. The smallest absolute Gasteiger partial charge is 0.331 e. The van der Waals surface area contributed by atoms with Crippen molar-refractivity contribution in [2.75, 3.05) is 0 Å². The van der Waals surface area contributed by atoms with E-state index in [1.165, 1.54) is 36.9 Å². The van der Waals surface area contributed by atoms with E-state index in [-0.39, 0.29) is 58.4 Å². The third kappa shape index (κ3) is 2.80. The summed E-state index contributed by atoms with van der Waals surface area (Å²) in [6.07, 6.45) is -2.83. The summed E-state index contributed by atoms with van der Waals surface area (Å²) in [5.41, 5.74) is -1.14. The van der Waals surface area contributed by atoms with Crippen LogP contribution < -0.4 is 11.2 Å². The first-order valence-corrected chi connectivity index (χ1v) is 8.29. The average Bonchev–Trinajstić information content (AvgIpc) is 2.97. The molecule has 0 saturated carbocycles. The molecule has 1 aliphatic rings. The summed E-state index contributed by atoms with van der Waals surface area (Å²) in [6.45, 7) is -0.183. The molecule has 1 unspecified atom stereocenters. The number of alkyl halides is 2. The predicted molar refractivity (Wildman–Crippen MR) is 98.1 cm³/mol. The zero-order valence-corrected chi connectivity index (χ0v) is 17.5. The number of benzene rings is 1. The molecule has 0 bridgehead atoms. The van der Waals surface area contributed by atoms with Crippen molar-refractivity contribution in [1.29, 1.82) is 0 Å².